The lowest BCUT2D eigenvalue weighted by atomic mass is 9.95. The molecule has 0 radical (unpaired) electrons. The molecule has 6 nitrogen and oxygen atoms in total. The standard InChI is InChI=1S/C19H20F3N3O3.2ClH/c1-13-2-3-15(12-17(13)25(26)27)18(24-10-8-23-9-11-24)14-4-6-16(7-5-14)28-19(20,21)22;;/h2-7,12,18,23H,8-11H2,1H3;2*1H/t18-;;/m0../s1. The number of piperazine rings is 1. The number of benzene rings is 2. The van der Waals surface area contributed by atoms with Crippen LogP contribution >= 0.6 is 24.8 Å². The van der Waals surface area contributed by atoms with Crippen LogP contribution in [0.15, 0.2) is 42.5 Å². The molecule has 3 rings (SSSR count). The van der Waals surface area contributed by atoms with Crippen molar-refractivity contribution in [3.63, 3.8) is 0 Å². The van der Waals surface area contributed by atoms with Gasteiger partial charge in [-0.05, 0) is 30.2 Å². The summed E-state index contributed by atoms with van der Waals surface area (Å²) in [5.74, 6) is -0.301. The van der Waals surface area contributed by atoms with Crippen LogP contribution in [-0.2, 0) is 0 Å². The van der Waals surface area contributed by atoms with Crippen molar-refractivity contribution in [1.82, 2.24) is 10.2 Å². The minimum absolute atomic E-state index is 0. The molecule has 1 fully saturated rings. The summed E-state index contributed by atoms with van der Waals surface area (Å²) in [6.07, 6.45) is -4.75. The lowest BCUT2D eigenvalue weighted by Gasteiger charge is -2.35. The molecule has 1 saturated heterocycles. The first-order valence-corrected chi connectivity index (χ1v) is 8.80. The van der Waals surface area contributed by atoms with E-state index in [-0.39, 0.29) is 42.3 Å². The van der Waals surface area contributed by atoms with Gasteiger partial charge in [0.15, 0.2) is 0 Å². The molecule has 1 heterocycles. The van der Waals surface area contributed by atoms with E-state index in [0.717, 1.165) is 24.2 Å². The van der Waals surface area contributed by atoms with Crippen molar-refractivity contribution in [3.05, 3.63) is 69.3 Å². The first-order chi connectivity index (χ1) is 13.2. The fourth-order valence-electron chi connectivity index (χ4n) is 3.40. The summed E-state index contributed by atoms with van der Waals surface area (Å²) in [6, 6.07) is 10.4. The van der Waals surface area contributed by atoms with Crippen molar-refractivity contribution in [2.75, 3.05) is 26.2 Å². The fraction of sp³-hybridized carbons (Fsp3) is 0.368. The van der Waals surface area contributed by atoms with Crippen LogP contribution in [0.25, 0.3) is 0 Å². The van der Waals surface area contributed by atoms with E-state index in [2.05, 4.69) is 15.0 Å². The van der Waals surface area contributed by atoms with Crippen molar-refractivity contribution >= 4 is 30.5 Å². The quantitative estimate of drug-likeness (QED) is 0.512. The van der Waals surface area contributed by atoms with Gasteiger partial charge in [0.05, 0.1) is 11.0 Å². The Bertz CT molecular complexity index is 845. The van der Waals surface area contributed by atoms with Gasteiger partial charge in [0.25, 0.3) is 5.69 Å². The number of nitro groups is 1. The zero-order valence-electron chi connectivity index (χ0n) is 16.0. The number of nitrogens with zero attached hydrogens (tertiary/aromatic N) is 2. The van der Waals surface area contributed by atoms with E-state index >= 15 is 0 Å². The number of hydrogen-bond acceptors (Lipinski definition) is 5. The molecule has 0 spiro atoms. The second-order valence-corrected chi connectivity index (χ2v) is 6.61. The van der Waals surface area contributed by atoms with Crippen molar-refractivity contribution < 1.29 is 22.8 Å². The lowest BCUT2D eigenvalue weighted by Crippen LogP contribution is -2.45. The minimum atomic E-state index is -4.75. The molecule has 2 aromatic carbocycles. The van der Waals surface area contributed by atoms with Gasteiger partial charge < -0.3 is 10.1 Å². The number of alkyl halides is 3. The Morgan fingerprint density at radius 3 is 2.17 bits per heavy atom. The number of nitro benzene ring substituents is 1. The highest BCUT2D eigenvalue weighted by Gasteiger charge is 2.31. The highest BCUT2D eigenvalue weighted by molar-refractivity contribution is 5.85. The van der Waals surface area contributed by atoms with E-state index in [1.165, 1.54) is 12.1 Å². The highest BCUT2D eigenvalue weighted by atomic mass is 35.5. The fourth-order valence-corrected chi connectivity index (χ4v) is 3.40. The van der Waals surface area contributed by atoms with E-state index < -0.39 is 11.3 Å². The molecule has 1 N–H and O–H groups in total. The normalized spacial score (nSPS) is 15.5. The van der Waals surface area contributed by atoms with Gasteiger partial charge >= 0.3 is 6.36 Å². The topological polar surface area (TPSA) is 67.6 Å². The van der Waals surface area contributed by atoms with Crippen LogP contribution in [0.4, 0.5) is 18.9 Å². The first kappa shape index (κ1) is 26.0. The Kier molecular flexibility index (Phi) is 9.35. The zero-order chi connectivity index (χ0) is 20.3. The van der Waals surface area contributed by atoms with E-state index in [9.17, 15) is 23.3 Å². The number of halogens is 5. The summed E-state index contributed by atoms with van der Waals surface area (Å²) in [7, 11) is 0. The van der Waals surface area contributed by atoms with E-state index in [4.69, 9.17) is 0 Å². The molecule has 0 saturated carbocycles. The van der Waals surface area contributed by atoms with Crippen molar-refractivity contribution in [1.29, 1.82) is 0 Å². The van der Waals surface area contributed by atoms with Crippen LogP contribution < -0.4 is 10.1 Å². The number of aryl methyl sites for hydroxylation is 1. The third-order valence-electron chi connectivity index (χ3n) is 4.69. The summed E-state index contributed by atoms with van der Waals surface area (Å²) in [4.78, 5) is 13.1. The molecule has 1 atom stereocenters. The van der Waals surface area contributed by atoms with E-state index in [1.54, 1.807) is 31.2 Å². The second kappa shape index (κ2) is 10.8. The van der Waals surface area contributed by atoms with Crippen molar-refractivity contribution in [2.45, 2.75) is 19.3 Å². The summed E-state index contributed by atoms with van der Waals surface area (Å²) in [5.41, 5.74) is 2.05. The van der Waals surface area contributed by atoms with Crippen LogP contribution in [-0.4, -0.2) is 42.4 Å². The maximum atomic E-state index is 12.4. The molecule has 0 bridgehead atoms. The first-order valence-electron chi connectivity index (χ1n) is 8.80. The number of hydrogen-bond donors (Lipinski definition) is 1. The van der Waals surface area contributed by atoms with E-state index in [1.807, 2.05) is 6.07 Å². The Labute approximate surface area is 184 Å². The maximum Gasteiger partial charge on any atom is 0.573 e. The van der Waals surface area contributed by atoms with Gasteiger partial charge in [0, 0.05) is 37.8 Å². The summed E-state index contributed by atoms with van der Waals surface area (Å²) < 4.78 is 41.2. The van der Waals surface area contributed by atoms with Crippen molar-refractivity contribution in [2.24, 2.45) is 0 Å². The third-order valence-corrected chi connectivity index (χ3v) is 4.69. The average molecular weight is 468 g/mol. The highest BCUT2D eigenvalue weighted by Crippen LogP contribution is 2.33. The molecule has 1 aliphatic heterocycles. The molecule has 2 aromatic rings. The van der Waals surface area contributed by atoms with Crippen molar-refractivity contribution in [3.8, 4) is 5.75 Å². The average Bonchev–Trinajstić information content (AvgIpc) is 2.64. The summed E-state index contributed by atoms with van der Waals surface area (Å²) >= 11 is 0. The number of ether oxygens (including phenoxy) is 1. The van der Waals surface area contributed by atoms with Gasteiger partial charge in [-0.25, -0.2) is 0 Å². The maximum absolute atomic E-state index is 12.4. The minimum Gasteiger partial charge on any atom is -0.406 e. The lowest BCUT2D eigenvalue weighted by molar-refractivity contribution is -0.385. The van der Waals surface area contributed by atoms with E-state index in [0.29, 0.717) is 18.7 Å². The summed E-state index contributed by atoms with van der Waals surface area (Å²) in [6.45, 7) is 4.63. The van der Waals surface area contributed by atoms with Gasteiger partial charge in [-0.1, -0.05) is 24.3 Å². The Morgan fingerprint density at radius 1 is 1.07 bits per heavy atom. The van der Waals surface area contributed by atoms with Gasteiger partial charge in [-0.2, -0.15) is 0 Å². The largest absolute Gasteiger partial charge is 0.573 e. The van der Waals surface area contributed by atoms with Crippen LogP contribution in [0.5, 0.6) is 5.75 Å². The zero-order valence-corrected chi connectivity index (χ0v) is 17.6. The molecular weight excluding hydrogens is 446 g/mol. The molecule has 0 aliphatic carbocycles. The summed E-state index contributed by atoms with van der Waals surface area (Å²) in [5, 5.41) is 14.6. The molecule has 30 heavy (non-hydrogen) atoms. The Morgan fingerprint density at radius 2 is 1.63 bits per heavy atom. The van der Waals surface area contributed by atoms with Gasteiger partial charge in [0.1, 0.15) is 5.75 Å². The predicted octanol–water partition coefficient (Wildman–Crippen LogP) is 4.64. The van der Waals surface area contributed by atoms with Gasteiger partial charge in [0.2, 0.25) is 0 Å². The molecule has 0 unspecified atom stereocenters. The SMILES string of the molecule is Cc1ccc([C@H](c2ccc(OC(F)(F)F)cc2)N2CCNCC2)cc1[N+](=O)[O-].Cl.Cl. The molecule has 11 heteroatoms. The van der Waals surface area contributed by atoms with Gasteiger partial charge in [-0.15, -0.1) is 38.0 Å². The smallest absolute Gasteiger partial charge is 0.406 e. The Hall–Kier alpha value is -2.07. The molecule has 1 aliphatic rings. The molecule has 0 aromatic heterocycles. The van der Waals surface area contributed by atoms with Crippen LogP contribution in [0.3, 0.4) is 0 Å². The predicted molar refractivity (Wildman–Crippen MR) is 112 cm³/mol. The molecule has 166 valence electrons. The number of nitrogens with one attached hydrogen (secondary N) is 1. The monoisotopic (exact) mass is 467 g/mol. The molecular formula is C19H22Cl2F3N3O3. The van der Waals surface area contributed by atoms with Crippen LogP contribution in [0.2, 0.25) is 0 Å². The second-order valence-electron chi connectivity index (χ2n) is 6.61. The van der Waals surface area contributed by atoms with Crippen LogP contribution in [0, 0.1) is 17.0 Å². The van der Waals surface area contributed by atoms with Gasteiger partial charge in [-0.3, -0.25) is 15.0 Å². The third kappa shape index (κ3) is 6.46. The molecule has 0 amide bonds. The Balaban J connectivity index is 0.00000225. The van der Waals surface area contributed by atoms with Crippen LogP contribution in [0.1, 0.15) is 22.7 Å². The number of rotatable bonds is 5.